The zero-order chi connectivity index (χ0) is 17.6. The topological polar surface area (TPSA) is 35.5 Å². The lowest BCUT2D eigenvalue weighted by Gasteiger charge is -2.08. The molecule has 0 aliphatic heterocycles. The molecule has 0 aliphatic rings. The van der Waals surface area contributed by atoms with Crippen LogP contribution in [0.2, 0.25) is 0 Å². The van der Waals surface area contributed by atoms with E-state index in [4.69, 9.17) is 9.47 Å². The quantitative estimate of drug-likeness (QED) is 0.262. The molecule has 25 heavy (non-hydrogen) atoms. The normalized spacial score (nSPS) is 10.8. The summed E-state index contributed by atoms with van der Waals surface area (Å²) in [7, 11) is 1.69. The molecular formula is C22H22O3. The molecule has 0 atom stereocenters. The first-order valence-electron chi connectivity index (χ1n) is 8.50. The summed E-state index contributed by atoms with van der Waals surface area (Å²) in [6.45, 7) is 3.84. The molecule has 0 spiro atoms. The van der Waals surface area contributed by atoms with Crippen LogP contribution in [0.15, 0.2) is 61.2 Å². The van der Waals surface area contributed by atoms with Crippen molar-refractivity contribution in [2.24, 2.45) is 0 Å². The maximum atomic E-state index is 11.0. The van der Waals surface area contributed by atoms with Crippen molar-refractivity contribution in [1.29, 1.82) is 0 Å². The van der Waals surface area contributed by atoms with Crippen molar-refractivity contribution >= 4 is 27.5 Å². The number of ether oxygens (including phenoxy) is 2. The van der Waals surface area contributed by atoms with Gasteiger partial charge in [-0.1, -0.05) is 43.0 Å². The van der Waals surface area contributed by atoms with Gasteiger partial charge in [-0.25, -0.2) is 4.79 Å². The van der Waals surface area contributed by atoms with Crippen LogP contribution in [-0.2, 0) is 16.0 Å². The van der Waals surface area contributed by atoms with Crippen molar-refractivity contribution in [3.8, 4) is 5.75 Å². The van der Waals surface area contributed by atoms with E-state index < -0.39 is 0 Å². The largest absolute Gasteiger partial charge is 0.497 e. The zero-order valence-corrected chi connectivity index (χ0v) is 14.5. The lowest BCUT2D eigenvalue weighted by Crippen LogP contribution is -2.02. The monoisotopic (exact) mass is 334 g/mol. The summed E-state index contributed by atoms with van der Waals surface area (Å²) in [5.41, 5.74) is 1.30. The molecule has 0 aliphatic carbocycles. The van der Waals surface area contributed by atoms with Crippen molar-refractivity contribution in [1.82, 2.24) is 0 Å². The Bertz CT molecular complexity index is 912. The van der Waals surface area contributed by atoms with Gasteiger partial charge in [-0.05, 0) is 58.5 Å². The van der Waals surface area contributed by atoms with Gasteiger partial charge in [0.15, 0.2) is 0 Å². The third-order valence-corrected chi connectivity index (χ3v) is 4.38. The van der Waals surface area contributed by atoms with Gasteiger partial charge in [-0.2, -0.15) is 0 Å². The molecule has 0 unspecified atom stereocenters. The number of carbonyl (C=O) groups excluding carboxylic acids is 1. The van der Waals surface area contributed by atoms with Gasteiger partial charge in [-0.3, -0.25) is 0 Å². The van der Waals surface area contributed by atoms with E-state index in [9.17, 15) is 4.79 Å². The van der Waals surface area contributed by atoms with Crippen LogP contribution < -0.4 is 4.74 Å². The summed E-state index contributed by atoms with van der Waals surface area (Å²) in [6.07, 6.45) is 4.02. The minimum absolute atomic E-state index is 0.353. The second-order valence-corrected chi connectivity index (χ2v) is 6.04. The SMILES string of the molecule is C=CC(=O)OCCCCc1ccc2c(ccc3cc(OC)ccc32)c1. The van der Waals surface area contributed by atoms with Crippen molar-refractivity contribution in [3.05, 3.63) is 66.7 Å². The number of rotatable bonds is 7. The van der Waals surface area contributed by atoms with Crippen molar-refractivity contribution in [2.45, 2.75) is 19.3 Å². The van der Waals surface area contributed by atoms with Crippen LogP contribution in [0.25, 0.3) is 21.5 Å². The fourth-order valence-electron chi connectivity index (χ4n) is 3.04. The molecule has 0 heterocycles. The number of hydrogen-bond acceptors (Lipinski definition) is 3. The van der Waals surface area contributed by atoms with Gasteiger partial charge in [0.25, 0.3) is 0 Å². The first kappa shape index (κ1) is 17.0. The van der Waals surface area contributed by atoms with Crippen molar-refractivity contribution < 1.29 is 14.3 Å². The average Bonchev–Trinajstić information content (AvgIpc) is 2.66. The molecule has 128 valence electrons. The summed E-state index contributed by atoms with van der Waals surface area (Å²) < 4.78 is 10.3. The molecule has 0 aromatic heterocycles. The first-order chi connectivity index (χ1) is 12.2. The third-order valence-electron chi connectivity index (χ3n) is 4.38. The Labute approximate surface area is 147 Å². The Morgan fingerprint density at radius 1 is 1.00 bits per heavy atom. The predicted octanol–water partition coefficient (Wildman–Crippen LogP) is 5.05. The predicted molar refractivity (Wildman–Crippen MR) is 102 cm³/mol. The number of fused-ring (bicyclic) bond motifs is 3. The van der Waals surface area contributed by atoms with E-state index in [2.05, 4.69) is 49.0 Å². The van der Waals surface area contributed by atoms with Gasteiger partial charge in [0, 0.05) is 6.08 Å². The molecule has 3 heteroatoms. The highest BCUT2D eigenvalue weighted by molar-refractivity contribution is 6.07. The molecular weight excluding hydrogens is 312 g/mol. The molecule has 0 saturated heterocycles. The molecule has 3 aromatic rings. The molecule has 3 rings (SSSR count). The Balaban J connectivity index is 1.71. The summed E-state index contributed by atoms with van der Waals surface area (Å²) in [4.78, 5) is 11.0. The summed E-state index contributed by atoms with van der Waals surface area (Å²) in [5, 5.41) is 4.92. The highest BCUT2D eigenvalue weighted by atomic mass is 16.5. The fourth-order valence-corrected chi connectivity index (χ4v) is 3.04. The molecule has 3 aromatic carbocycles. The van der Waals surface area contributed by atoms with E-state index in [1.807, 2.05) is 6.07 Å². The van der Waals surface area contributed by atoms with Crippen LogP contribution in [0, 0.1) is 0 Å². The van der Waals surface area contributed by atoms with E-state index in [-0.39, 0.29) is 5.97 Å². The minimum atomic E-state index is -0.353. The van der Waals surface area contributed by atoms with Gasteiger partial charge < -0.3 is 9.47 Å². The maximum Gasteiger partial charge on any atom is 0.330 e. The fraction of sp³-hybridized carbons (Fsp3) is 0.227. The molecule has 0 bridgehead atoms. The summed E-state index contributed by atoms with van der Waals surface area (Å²) in [5.74, 6) is 0.523. The van der Waals surface area contributed by atoms with Crippen LogP contribution in [0.4, 0.5) is 0 Å². The number of esters is 1. The number of aryl methyl sites for hydroxylation is 1. The highest BCUT2D eigenvalue weighted by Gasteiger charge is 2.04. The van der Waals surface area contributed by atoms with E-state index >= 15 is 0 Å². The van der Waals surface area contributed by atoms with Gasteiger partial charge >= 0.3 is 5.97 Å². The molecule has 0 amide bonds. The van der Waals surface area contributed by atoms with E-state index in [1.165, 1.54) is 33.2 Å². The second kappa shape index (κ2) is 7.84. The van der Waals surface area contributed by atoms with Gasteiger partial charge in [-0.15, -0.1) is 0 Å². The van der Waals surface area contributed by atoms with Crippen LogP contribution in [-0.4, -0.2) is 19.7 Å². The Morgan fingerprint density at radius 3 is 2.44 bits per heavy atom. The van der Waals surface area contributed by atoms with Crippen LogP contribution in [0.1, 0.15) is 18.4 Å². The number of carbonyl (C=O) groups is 1. The number of unbranched alkanes of at least 4 members (excludes halogenated alkanes) is 1. The molecule has 0 N–H and O–H groups in total. The second-order valence-electron chi connectivity index (χ2n) is 6.04. The summed E-state index contributed by atoms with van der Waals surface area (Å²) >= 11 is 0. The van der Waals surface area contributed by atoms with Crippen LogP contribution in [0.3, 0.4) is 0 Å². The third kappa shape index (κ3) is 4.00. The zero-order valence-electron chi connectivity index (χ0n) is 14.5. The van der Waals surface area contributed by atoms with Crippen LogP contribution >= 0.6 is 0 Å². The van der Waals surface area contributed by atoms with E-state index in [1.54, 1.807) is 7.11 Å². The van der Waals surface area contributed by atoms with Crippen molar-refractivity contribution in [3.63, 3.8) is 0 Å². The molecule has 0 saturated carbocycles. The van der Waals surface area contributed by atoms with Crippen LogP contribution in [0.5, 0.6) is 5.75 Å². The standard InChI is InChI=1S/C22H22O3/c1-3-22(23)25-13-5-4-6-16-7-11-20-17(14-16)8-9-18-15-19(24-2)10-12-21(18)20/h3,7-12,14-15H,1,4-6,13H2,2H3. The van der Waals surface area contributed by atoms with E-state index in [0.717, 1.165) is 25.0 Å². The lowest BCUT2D eigenvalue weighted by atomic mass is 9.98. The first-order valence-corrected chi connectivity index (χ1v) is 8.50. The number of hydrogen-bond donors (Lipinski definition) is 0. The lowest BCUT2D eigenvalue weighted by molar-refractivity contribution is -0.137. The van der Waals surface area contributed by atoms with Gasteiger partial charge in [0.05, 0.1) is 13.7 Å². The van der Waals surface area contributed by atoms with E-state index in [0.29, 0.717) is 6.61 Å². The Hall–Kier alpha value is -2.81. The highest BCUT2D eigenvalue weighted by Crippen LogP contribution is 2.29. The minimum Gasteiger partial charge on any atom is -0.497 e. The smallest absolute Gasteiger partial charge is 0.330 e. The Kier molecular flexibility index (Phi) is 5.34. The van der Waals surface area contributed by atoms with Gasteiger partial charge in [0.1, 0.15) is 5.75 Å². The number of methoxy groups -OCH3 is 1. The number of benzene rings is 3. The van der Waals surface area contributed by atoms with Gasteiger partial charge in [0.2, 0.25) is 0 Å². The van der Waals surface area contributed by atoms with Crippen molar-refractivity contribution in [2.75, 3.05) is 13.7 Å². The Morgan fingerprint density at radius 2 is 1.72 bits per heavy atom. The molecule has 0 radical (unpaired) electrons. The average molecular weight is 334 g/mol. The maximum absolute atomic E-state index is 11.0. The summed E-state index contributed by atoms with van der Waals surface area (Å²) in [6, 6.07) is 17.1. The molecule has 0 fully saturated rings. The molecule has 3 nitrogen and oxygen atoms in total.